The van der Waals surface area contributed by atoms with Crippen LogP contribution in [0.1, 0.15) is 42.6 Å². The van der Waals surface area contributed by atoms with Crippen molar-refractivity contribution < 1.29 is 14.3 Å². The van der Waals surface area contributed by atoms with Crippen LogP contribution in [-0.4, -0.2) is 49.8 Å². The van der Waals surface area contributed by atoms with Gasteiger partial charge in [-0.2, -0.15) is 16.4 Å². The maximum atomic E-state index is 13.6. The van der Waals surface area contributed by atoms with Gasteiger partial charge >= 0.3 is 0 Å². The van der Waals surface area contributed by atoms with E-state index in [4.69, 9.17) is 14.6 Å². The van der Waals surface area contributed by atoms with Gasteiger partial charge < -0.3 is 18.9 Å². The zero-order valence-corrected chi connectivity index (χ0v) is 21.9. The van der Waals surface area contributed by atoms with Crippen molar-refractivity contribution in [2.45, 2.75) is 39.8 Å². The number of aromatic nitrogens is 4. The molecule has 8 nitrogen and oxygen atoms in total. The Morgan fingerprint density at radius 3 is 2.63 bits per heavy atom. The normalized spacial score (nSPS) is 12.7. The molecular weight excluding hydrogens is 462 g/mol. The van der Waals surface area contributed by atoms with E-state index in [-0.39, 0.29) is 18.1 Å². The van der Waals surface area contributed by atoms with Crippen molar-refractivity contribution in [2.24, 2.45) is 7.05 Å². The Bertz CT molecular complexity index is 1430. The molecule has 0 bridgehead atoms. The zero-order chi connectivity index (χ0) is 25.1. The van der Waals surface area contributed by atoms with Gasteiger partial charge in [0.2, 0.25) is 0 Å². The second-order valence-corrected chi connectivity index (χ2v) is 10.5. The molecule has 0 N–H and O–H groups in total. The van der Waals surface area contributed by atoms with E-state index < -0.39 is 0 Å². The maximum Gasteiger partial charge on any atom is 0.274 e. The maximum absolute atomic E-state index is 13.6. The summed E-state index contributed by atoms with van der Waals surface area (Å²) >= 11 is 1.59. The van der Waals surface area contributed by atoms with Crippen LogP contribution in [0.25, 0.3) is 28.2 Å². The number of hydrogen-bond acceptors (Lipinski definition) is 6. The summed E-state index contributed by atoms with van der Waals surface area (Å²) in [5.74, 6) is 2.15. The van der Waals surface area contributed by atoms with Gasteiger partial charge in [-0.05, 0) is 45.2 Å². The van der Waals surface area contributed by atoms with Crippen molar-refractivity contribution in [3.8, 4) is 39.7 Å². The van der Waals surface area contributed by atoms with Crippen LogP contribution >= 0.6 is 11.3 Å². The van der Waals surface area contributed by atoms with E-state index in [0.717, 1.165) is 39.6 Å². The van der Waals surface area contributed by atoms with E-state index in [0.29, 0.717) is 17.2 Å². The molecular formula is C26H29N5O3S. The molecule has 0 aliphatic carbocycles. The van der Waals surface area contributed by atoms with Crippen molar-refractivity contribution in [1.29, 1.82) is 0 Å². The summed E-state index contributed by atoms with van der Waals surface area (Å²) in [5.41, 5.74) is 5.29. The summed E-state index contributed by atoms with van der Waals surface area (Å²) in [7, 11) is 5.44. The number of imidazole rings is 1. The SMILES string of the molecule is COc1cc2c(cc1-c1cnc(C)n1C)-c1c(c(C(=O)N(C)C(C)(C)C)nn1-c1ccsc1)CO2. The molecule has 0 spiro atoms. The molecule has 0 saturated carbocycles. The monoisotopic (exact) mass is 491 g/mol. The van der Waals surface area contributed by atoms with Gasteiger partial charge in [-0.1, -0.05) is 0 Å². The quantitative estimate of drug-likeness (QED) is 0.398. The number of carbonyl (C=O) groups excluding carboxylic acids is 1. The van der Waals surface area contributed by atoms with Crippen molar-refractivity contribution >= 4 is 17.2 Å². The van der Waals surface area contributed by atoms with E-state index in [1.807, 2.05) is 80.1 Å². The predicted octanol–water partition coefficient (Wildman–Crippen LogP) is 5.08. The number of thiophene rings is 1. The molecule has 4 heterocycles. The van der Waals surface area contributed by atoms with E-state index >= 15 is 0 Å². The minimum absolute atomic E-state index is 0.134. The Labute approximate surface area is 208 Å². The number of fused-ring (bicyclic) bond motifs is 3. The van der Waals surface area contributed by atoms with Crippen LogP contribution in [0, 0.1) is 6.92 Å². The second kappa shape index (κ2) is 8.27. The van der Waals surface area contributed by atoms with Gasteiger partial charge in [0.05, 0.1) is 30.4 Å². The lowest BCUT2D eigenvalue weighted by molar-refractivity contribution is 0.0646. The largest absolute Gasteiger partial charge is 0.496 e. The third-order valence-corrected chi connectivity index (χ3v) is 7.34. The Kier molecular flexibility index (Phi) is 5.47. The van der Waals surface area contributed by atoms with Crippen LogP contribution < -0.4 is 9.47 Å². The molecule has 9 heteroatoms. The first-order chi connectivity index (χ1) is 16.6. The lowest BCUT2D eigenvalue weighted by Gasteiger charge is -2.31. The van der Waals surface area contributed by atoms with Crippen molar-refractivity contribution in [3.05, 3.63) is 52.2 Å². The summed E-state index contributed by atoms with van der Waals surface area (Å²) in [6, 6.07) is 5.96. The molecule has 1 aliphatic rings. The van der Waals surface area contributed by atoms with Crippen LogP contribution in [-0.2, 0) is 13.7 Å². The zero-order valence-electron chi connectivity index (χ0n) is 21.0. The lowest BCUT2D eigenvalue weighted by Crippen LogP contribution is -2.43. The fourth-order valence-corrected chi connectivity index (χ4v) is 4.81. The van der Waals surface area contributed by atoms with E-state index in [9.17, 15) is 4.79 Å². The van der Waals surface area contributed by atoms with E-state index in [1.54, 1.807) is 23.3 Å². The molecule has 0 fully saturated rings. The molecule has 1 aromatic carbocycles. The van der Waals surface area contributed by atoms with Gasteiger partial charge in [-0.15, -0.1) is 0 Å². The topological polar surface area (TPSA) is 74.4 Å². The molecule has 0 atom stereocenters. The number of benzene rings is 1. The van der Waals surface area contributed by atoms with Crippen molar-refractivity contribution in [1.82, 2.24) is 24.2 Å². The summed E-state index contributed by atoms with van der Waals surface area (Å²) in [6.45, 7) is 8.23. The smallest absolute Gasteiger partial charge is 0.274 e. The minimum Gasteiger partial charge on any atom is -0.496 e. The molecule has 0 unspecified atom stereocenters. The standard InChI is InChI=1S/C26H29N5O3S/c1-15-27-12-20(29(15)5)17-10-18-22(11-21(17)33-7)34-13-19-23(25(32)30(6)26(2,3)4)28-31(24(18)19)16-8-9-35-14-16/h8-12,14H,13H2,1-7H3. The average Bonchev–Trinajstić information content (AvgIpc) is 3.56. The lowest BCUT2D eigenvalue weighted by atomic mass is 9.97. The van der Waals surface area contributed by atoms with Gasteiger partial charge in [0.25, 0.3) is 5.91 Å². The average molecular weight is 492 g/mol. The first-order valence-corrected chi connectivity index (χ1v) is 12.3. The highest BCUT2D eigenvalue weighted by molar-refractivity contribution is 7.08. The number of hydrogen-bond donors (Lipinski definition) is 0. The number of rotatable bonds is 4. The first kappa shape index (κ1) is 23.2. The Hall–Kier alpha value is -3.59. The molecule has 182 valence electrons. The summed E-state index contributed by atoms with van der Waals surface area (Å²) in [6.07, 6.45) is 1.84. The number of methoxy groups -OCH3 is 1. The predicted molar refractivity (Wildman–Crippen MR) is 137 cm³/mol. The van der Waals surface area contributed by atoms with Gasteiger partial charge in [0.1, 0.15) is 23.9 Å². The first-order valence-electron chi connectivity index (χ1n) is 11.4. The molecule has 35 heavy (non-hydrogen) atoms. The highest BCUT2D eigenvalue weighted by Crippen LogP contribution is 2.46. The fourth-order valence-electron chi connectivity index (χ4n) is 4.20. The van der Waals surface area contributed by atoms with E-state index in [1.165, 1.54) is 0 Å². The molecule has 1 aliphatic heterocycles. The molecule has 0 radical (unpaired) electrons. The van der Waals surface area contributed by atoms with Gasteiger partial charge in [-0.25, -0.2) is 9.67 Å². The summed E-state index contributed by atoms with van der Waals surface area (Å²) in [5, 5.41) is 8.87. The minimum atomic E-state index is -0.346. The van der Waals surface area contributed by atoms with Crippen molar-refractivity contribution in [2.75, 3.05) is 14.2 Å². The van der Waals surface area contributed by atoms with Crippen molar-refractivity contribution in [3.63, 3.8) is 0 Å². The number of carbonyl (C=O) groups is 1. The fraction of sp³-hybridized carbons (Fsp3) is 0.346. The summed E-state index contributed by atoms with van der Waals surface area (Å²) in [4.78, 5) is 19.7. The highest BCUT2D eigenvalue weighted by atomic mass is 32.1. The van der Waals surface area contributed by atoms with Crippen LogP contribution in [0.2, 0.25) is 0 Å². The molecule has 1 amide bonds. The number of ether oxygens (including phenoxy) is 2. The Morgan fingerprint density at radius 2 is 2.03 bits per heavy atom. The van der Waals surface area contributed by atoms with E-state index in [2.05, 4.69) is 11.1 Å². The number of aryl methyl sites for hydroxylation is 1. The third kappa shape index (κ3) is 3.70. The second-order valence-electron chi connectivity index (χ2n) is 9.69. The molecule has 5 rings (SSSR count). The van der Waals surface area contributed by atoms with Gasteiger partial charge in [0, 0.05) is 47.8 Å². The summed E-state index contributed by atoms with van der Waals surface area (Å²) < 4.78 is 15.8. The van der Waals surface area contributed by atoms with Gasteiger partial charge in [-0.3, -0.25) is 4.79 Å². The third-order valence-electron chi connectivity index (χ3n) is 6.67. The molecule has 3 aromatic heterocycles. The molecule has 0 saturated heterocycles. The van der Waals surface area contributed by atoms with Crippen LogP contribution in [0.15, 0.2) is 35.2 Å². The van der Waals surface area contributed by atoms with Gasteiger partial charge in [0.15, 0.2) is 5.69 Å². The Balaban J connectivity index is 1.76. The Morgan fingerprint density at radius 1 is 1.26 bits per heavy atom. The van der Waals surface area contributed by atoms with Crippen LogP contribution in [0.4, 0.5) is 0 Å². The molecule has 4 aromatic rings. The van der Waals surface area contributed by atoms with Crippen LogP contribution in [0.3, 0.4) is 0 Å². The highest BCUT2D eigenvalue weighted by Gasteiger charge is 2.34. The number of amides is 1. The van der Waals surface area contributed by atoms with Crippen LogP contribution in [0.5, 0.6) is 11.5 Å². The number of nitrogens with zero attached hydrogens (tertiary/aromatic N) is 5.